The molecule has 1 atom stereocenters. The highest BCUT2D eigenvalue weighted by Crippen LogP contribution is 2.42. The van der Waals surface area contributed by atoms with Crippen LogP contribution in [0.4, 0.5) is 0 Å². The van der Waals surface area contributed by atoms with Crippen molar-refractivity contribution in [2.75, 3.05) is 19.5 Å². The van der Waals surface area contributed by atoms with Crippen molar-refractivity contribution in [3.8, 4) is 5.75 Å². The number of carbonyl (C=O) groups excluding carboxylic acids is 2. The molecule has 0 unspecified atom stereocenters. The molecular formula is C26H27NO4S. The van der Waals surface area contributed by atoms with E-state index >= 15 is 0 Å². The van der Waals surface area contributed by atoms with Crippen LogP contribution in [-0.4, -0.2) is 31.2 Å². The van der Waals surface area contributed by atoms with Crippen LogP contribution in [0.25, 0.3) is 0 Å². The lowest BCUT2D eigenvalue weighted by atomic mass is 9.75. The summed E-state index contributed by atoms with van der Waals surface area (Å²) in [4.78, 5) is 27.3. The van der Waals surface area contributed by atoms with Crippen LogP contribution in [-0.2, 0) is 14.3 Å². The van der Waals surface area contributed by atoms with Crippen molar-refractivity contribution >= 4 is 23.5 Å². The van der Waals surface area contributed by atoms with Crippen molar-refractivity contribution < 1.29 is 19.1 Å². The zero-order valence-corrected chi connectivity index (χ0v) is 19.2. The van der Waals surface area contributed by atoms with Crippen molar-refractivity contribution in [1.29, 1.82) is 0 Å². The number of allylic oxidation sites excluding steroid dienone is 3. The highest BCUT2D eigenvalue weighted by Gasteiger charge is 2.39. The molecule has 1 heterocycles. The molecule has 6 heteroatoms. The van der Waals surface area contributed by atoms with Crippen molar-refractivity contribution in [2.45, 2.75) is 37.0 Å². The quantitative estimate of drug-likeness (QED) is 0.365. The summed E-state index contributed by atoms with van der Waals surface area (Å²) in [6, 6.07) is 17.5. The minimum absolute atomic E-state index is 0.0999. The summed E-state index contributed by atoms with van der Waals surface area (Å²) < 4.78 is 11.2. The largest absolute Gasteiger partial charge is 0.490 e. The van der Waals surface area contributed by atoms with E-state index in [-0.39, 0.29) is 19.0 Å². The number of hydrogen-bond donors (Lipinski definition) is 1. The topological polar surface area (TPSA) is 64.6 Å². The maximum absolute atomic E-state index is 13.2. The summed E-state index contributed by atoms with van der Waals surface area (Å²) in [6.45, 7) is 2.27. The number of nitrogens with one attached hydrogen (secondary N) is 1. The lowest BCUT2D eigenvalue weighted by molar-refractivity contribution is -0.140. The predicted molar refractivity (Wildman–Crippen MR) is 126 cm³/mol. The number of para-hydroxylation sites is 1. The third-order valence-corrected chi connectivity index (χ3v) is 6.52. The van der Waals surface area contributed by atoms with Gasteiger partial charge in [0.15, 0.2) is 5.78 Å². The summed E-state index contributed by atoms with van der Waals surface area (Å²) in [7, 11) is 0. The van der Waals surface area contributed by atoms with E-state index in [1.54, 1.807) is 11.8 Å². The van der Waals surface area contributed by atoms with Gasteiger partial charge in [0.05, 0.1) is 5.57 Å². The average Bonchev–Trinajstić information content (AvgIpc) is 2.82. The fourth-order valence-corrected chi connectivity index (χ4v) is 4.68. The first-order chi connectivity index (χ1) is 15.6. The Kier molecular flexibility index (Phi) is 7.00. The van der Waals surface area contributed by atoms with E-state index in [1.165, 1.54) is 0 Å². The predicted octanol–water partition coefficient (Wildman–Crippen LogP) is 5.00. The maximum atomic E-state index is 13.2. The van der Waals surface area contributed by atoms with E-state index in [4.69, 9.17) is 9.47 Å². The molecule has 1 N–H and O–H groups in total. The van der Waals surface area contributed by atoms with Crippen molar-refractivity contribution in [1.82, 2.24) is 5.32 Å². The molecule has 2 aromatic rings. The molecule has 0 amide bonds. The summed E-state index contributed by atoms with van der Waals surface area (Å²) in [5.74, 6) is -0.0106. The van der Waals surface area contributed by atoms with Gasteiger partial charge in [0, 0.05) is 34.2 Å². The van der Waals surface area contributed by atoms with Crippen molar-refractivity contribution in [3.63, 3.8) is 0 Å². The van der Waals surface area contributed by atoms with Crippen molar-refractivity contribution in [2.24, 2.45) is 0 Å². The summed E-state index contributed by atoms with van der Waals surface area (Å²) >= 11 is 1.66. The van der Waals surface area contributed by atoms with E-state index < -0.39 is 11.9 Å². The van der Waals surface area contributed by atoms with Gasteiger partial charge in [-0.2, -0.15) is 0 Å². The van der Waals surface area contributed by atoms with Crippen LogP contribution in [0.2, 0.25) is 0 Å². The molecule has 4 rings (SSSR count). The Morgan fingerprint density at radius 1 is 1.06 bits per heavy atom. The number of thioether (sulfide) groups is 1. The van der Waals surface area contributed by atoms with Gasteiger partial charge < -0.3 is 14.8 Å². The Labute approximate surface area is 192 Å². The van der Waals surface area contributed by atoms with Gasteiger partial charge in [-0.15, -0.1) is 11.8 Å². The molecule has 166 valence electrons. The second-order valence-corrected chi connectivity index (χ2v) is 8.72. The van der Waals surface area contributed by atoms with Crippen LogP contribution < -0.4 is 10.1 Å². The van der Waals surface area contributed by atoms with E-state index in [0.717, 1.165) is 40.4 Å². The molecule has 0 aromatic heterocycles. The Hall–Kier alpha value is -2.99. The van der Waals surface area contributed by atoms with Gasteiger partial charge in [0.25, 0.3) is 0 Å². The van der Waals surface area contributed by atoms with Gasteiger partial charge in [-0.25, -0.2) is 4.79 Å². The Balaban J connectivity index is 1.56. The number of Topliss-reactive ketones (excluding diaryl/α,β-unsaturated/α-hetero) is 1. The van der Waals surface area contributed by atoms with Gasteiger partial charge in [-0.1, -0.05) is 30.3 Å². The first-order valence-corrected chi connectivity index (χ1v) is 12.0. The molecule has 1 aliphatic carbocycles. The van der Waals surface area contributed by atoms with Crippen LogP contribution in [0.1, 0.15) is 37.7 Å². The fourth-order valence-electron chi connectivity index (χ4n) is 4.27. The minimum atomic E-state index is -0.421. The van der Waals surface area contributed by atoms with Crippen LogP contribution >= 0.6 is 11.8 Å². The van der Waals surface area contributed by atoms with E-state index in [2.05, 4.69) is 5.32 Å². The lowest BCUT2D eigenvalue weighted by Crippen LogP contribution is -2.34. The average molecular weight is 450 g/mol. The molecule has 0 spiro atoms. The molecule has 0 saturated carbocycles. The lowest BCUT2D eigenvalue weighted by Gasteiger charge is -2.34. The number of hydrogen-bond acceptors (Lipinski definition) is 6. The normalized spacial score (nSPS) is 18.2. The SMILES string of the molecule is CSc1ccc([C@@H]2C(C(=O)OCCOc3ccccc3)=C(C)NC3=C2C(=O)CCC3)cc1. The van der Waals surface area contributed by atoms with Gasteiger partial charge >= 0.3 is 5.97 Å². The number of carbonyl (C=O) groups is 2. The third-order valence-electron chi connectivity index (χ3n) is 5.77. The van der Waals surface area contributed by atoms with Gasteiger partial charge in [0.2, 0.25) is 0 Å². The van der Waals surface area contributed by atoms with Crippen LogP contribution in [0.15, 0.2) is 82.0 Å². The molecule has 5 nitrogen and oxygen atoms in total. The first-order valence-electron chi connectivity index (χ1n) is 10.8. The van der Waals surface area contributed by atoms with Crippen LogP contribution in [0, 0.1) is 0 Å². The first kappa shape index (κ1) is 22.2. The second kappa shape index (κ2) is 10.1. The maximum Gasteiger partial charge on any atom is 0.336 e. The molecular weight excluding hydrogens is 422 g/mol. The summed E-state index contributed by atoms with van der Waals surface area (Å²) in [6.07, 6.45) is 4.17. The number of esters is 1. The van der Waals surface area contributed by atoms with E-state index in [9.17, 15) is 9.59 Å². The van der Waals surface area contributed by atoms with E-state index in [0.29, 0.717) is 17.6 Å². The zero-order valence-electron chi connectivity index (χ0n) is 18.4. The zero-order chi connectivity index (χ0) is 22.5. The fraction of sp³-hybridized carbons (Fsp3) is 0.308. The summed E-state index contributed by atoms with van der Waals surface area (Å²) in [5.41, 5.74) is 3.80. The molecule has 0 saturated heterocycles. The Morgan fingerprint density at radius 3 is 2.53 bits per heavy atom. The van der Waals surface area contributed by atoms with Crippen LogP contribution in [0.3, 0.4) is 0 Å². The molecule has 2 aliphatic rings. The standard InChI is InChI=1S/C26H27NO4S/c1-17-23(26(29)31-16-15-30-19-7-4-3-5-8-19)24(18-11-13-20(32-2)14-12-18)25-21(27-17)9-6-10-22(25)28/h3-5,7-8,11-14,24,27H,6,9-10,15-16H2,1-2H3/t24-/m1/s1. The number of ketones is 1. The second-order valence-electron chi connectivity index (χ2n) is 7.84. The molecule has 0 fully saturated rings. The highest BCUT2D eigenvalue weighted by molar-refractivity contribution is 7.98. The molecule has 1 aliphatic heterocycles. The molecule has 0 radical (unpaired) electrons. The highest BCUT2D eigenvalue weighted by atomic mass is 32.2. The number of rotatable bonds is 7. The van der Waals surface area contributed by atoms with Gasteiger partial charge in [0.1, 0.15) is 19.0 Å². The smallest absolute Gasteiger partial charge is 0.336 e. The molecule has 0 bridgehead atoms. The Bertz CT molecular complexity index is 1060. The van der Waals surface area contributed by atoms with Crippen LogP contribution in [0.5, 0.6) is 5.75 Å². The number of ether oxygens (including phenoxy) is 2. The Morgan fingerprint density at radius 2 is 1.81 bits per heavy atom. The monoisotopic (exact) mass is 449 g/mol. The van der Waals surface area contributed by atoms with E-state index in [1.807, 2.05) is 67.8 Å². The molecule has 2 aromatic carbocycles. The van der Waals surface area contributed by atoms with Gasteiger partial charge in [-0.3, -0.25) is 4.79 Å². The minimum Gasteiger partial charge on any atom is -0.490 e. The number of dihydropyridines is 1. The third kappa shape index (κ3) is 4.75. The number of benzene rings is 2. The molecule has 32 heavy (non-hydrogen) atoms. The van der Waals surface area contributed by atoms with Crippen molar-refractivity contribution in [3.05, 3.63) is 82.7 Å². The van der Waals surface area contributed by atoms with Gasteiger partial charge in [-0.05, 0) is 55.9 Å². The summed E-state index contributed by atoms with van der Waals surface area (Å²) in [5, 5.41) is 3.32.